The Kier molecular flexibility index (Phi) is 9.31. The Labute approximate surface area is 243 Å². The van der Waals surface area contributed by atoms with Crippen molar-refractivity contribution in [1.29, 1.82) is 0 Å². The fourth-order valence-corrected chi connectivity index (χ4v) is 5.21. The molecule has 0 aliphatic rings. The van der Waals surface area contributed by atoms with Crippen LogP contribution in [0.25, 0.3) is 10.8 Å². The lowest BCUT2D eigenvalue weighted by atomic mass is 10.0. The van der Waals surface area contributed by atoms with Gasteiger partial charge in [0.2, 0.25) is 5.91 Å². The van der Waals surface area contributed by atoms with Gasteiger partial charge in [-0.05, 0) is 76.8 Å². The quantitative estimate of drug-likeness (QED) is 0.219. The maximum absolute atomic E-state index is 13.9. The Bertz CT molecular complexity index is 1450. The van der Waals surface area contributed by atoms with Crippen molar-refractivity contribution >= 4 is 50.1 Å². The van der Waals surface area contributed by atoms with Crippen molar-refractivity contribution in [3.8, 4) is 5.75 Å². The average molecular weight is 608 g/mol. The van der Waals surface area contributed by atoms with E-state index >= 15 is 0 Å². The van der Waals surface area contributed by atoms with Crippen molar-refractivity contribution < 1.29 is 14.3 Å². The number of nitrogens with zero attached hydrogens (tertiary/aromatic N) is 1. The molecule has 0 saturated carbocycles. The summed E-state index contributed by atoms with van der Waals surface area (Å²) < 4.78 is 6.81. The van der Waals surface area contributed by atoms with Gasteiger partial charge in [-0.25, -0.2) is 0 Å². The molecule has 202 valence electrons. The predicted octanol–water partition coefficient (Wildman–Crippen LogP) is 7.19. The molecule has 0 saturated heterocycles. The highest BCUT2D eigenvalue weighted by atomic mass is 79.9. The fourth-order valence-electron chi connectivity index (χ4n) is 4.39. The van der Waals surface area contributed by atoms with Crippen LogP contribution in [-0.4, -0.2) is 34.9 Å². The first-order chi connectivity index (χ1) is 18.6. The number of fused-ring (bicyclic) bond motifs is 1. The SMILES string of the molecule is CC(C)(C)NC(=O)C(Cc1ccccc1)N(Cc1cccc(Cl)c1)C(=O)COc1ccc2ccccc2c1Br. The molecule has 1 unspecified atom stereocenters. The van der Waals surface area contributed by atoms with Crippen molar-refractivity contribution in [3.05, 3.63) is 112 Å². The van der Waals surface area contributed by atoms with Crippen molar-refractivity contribution in [1.82, 2.24) is 10.2 Å². The van der Waals surface area contributed by atoms with Gasteiger partial charge in [0.15, 0.2) is 6.61 Å². The number of rotatable bonds is 9. The second-order valence-electron chi connectivity index (χ2n) is 10.5. The largest absolute Gasteiger partial charge is 0.483 e. The number of hydrogen-bond donors (Lipinski definition) is 1. The highest BCUT2D eigenvalue weighted by Gasteiger charge is 2.32. The number of hydrogen-bond acceptors (Lipinski definition) is 3. The number of benzene rings is 4. The first-order valence-electron chi connectivity index (χ1n) is 12.8. The van der Waals surface area contributed by atoms with Crippen LogP contribution >= 0.6 is 27.5 Å². The molecule has 0 heterocycles. The molecule has 0 radical (unpaired) electrons. The van der Waals surface area contributed by atoms with Crippen molar-refractivity contribution in [3.63, 3.8) is 0 Å². The van der Waals surface area contributed by atoms with Crippen LogP contribution in [0.2, 0.25) is 5.02 Å². The minimum atomic E-state index is -0.762. The Morgan fingerprint density at radius 3 is 2.33 bits per heavy atom. The molecule has 0 fully saturated rings. The van der Waals surface area contributed by atoms with E-state index in [4.69, 9.17) is 16.3 Å². The van der Waals surface area contributed by atoms with Gasteiger partial charge in [0, 0.05) is 23.5 Å². The standard InChI is InChI=1S/C32H32BrClN2O3/c1-32(2,3)35-31(38)27(19-22-10-5-4-6-11-22)36(20-23-12-9-14-25(34)18-23)29(37)21-39-28-17-16-24-13-7-8-15-26(24)30(28)33/h4-18,27H,19-21H2,1-3H3,(H,35,38). The number of ether oxygens (including phenoxy) is 1. The lowest BCUT2D eigenvalue weighted by Gasteiger charge is -2.33. The maximum Gasteiger partial charge on any atom is 0.261 e. The molecule has 4 aromatic rings. The number of amides is 2. The molecule has 0 spiro atoms. The van der Waals surface area contributed by atoms with Crippen LogP contribution < -0.4 is 10.1 Å². The van der Waals surface area contributed by atoms with Crippen LogP contribution in [0.4, 0.5) is 0 Å². The summed E-state index contributed by atoms with van der Waals surface area (Å²) in [6, 6.07) is 28.0. The zero-order valence-corrected chi connectivity index (χ0v) is 24.6. The summed E-state index contributed by atoms with van der Waals surface area (Å²) in [6.45, 7) is 5.75. The van der Waals surface area contributed by atoms with E-state index in [1.807, 2.05) is 106 Å². The molecule has 4 aromatic carbocycles. The van der Waals surface area contributed by atoms with Gasteiger partial charge in [0.1, 0.15) is 11.8 Å². The maximum atomic E-state index is 13.9. The van der Waals surface area contributed by atoms with Gasteiger partial charge in [-0.15, -0.1) is 0 Å². The molecular weight excluding hydrogens is 576 g/mol. The minimum absolute atomic E-state index is 0.205. The van der Waals surface area contributed by atoms with E-state index in [-0.39, 0.29) is 25.0 Å². The molecule has 2 amide bonds. The van der Waals surface area contributed by atoms with Gasteiger partial charge < -0.3 is 15.0 Å². The first kappa shape index (κ1) is 28.7. The van der Waals surface area contributed by atoms with Gasteiger partial charge in [0.25, 0.3) is 5.91 Å². The van der Waals surface area contributed by atoms with Gasteiger partial charge in [-0.1, -0.05) is 84.4 Å². The van der Waals surface area contributed by atoms with Crippen LogP contribution in [0.3, 0.4) is 0 Å². The van der Waals surface area contributed by atoms with Crippen molar-refractivity contribution in [2.45, 2.75) is 45.3 Å². The first-order valence-corrected chi connectivity index (χ1v) is 14.0. The summed E-state index contributed by atoms with van der Waals surface area (Å²) in [6.07, 6.45) is 0.356. The Balaban J connectivity index is 1.66. The van der Waals surface area contributed by atoms with Gasteiger partial charge >= 0.3 is 0 Å². The fraction of sp³-hybridized carbons (Fsp3) is 0.250. The smallest absolute Gasteiger partial charge is 0.261 e. The molecule has 39 heavy (non-hydrogen) atoms. The van der Waals surface area contributed by atoms with Gasteiger partial charge in [-0.3, -0.25) is 9.59 Å². The summed E-state index contributed by atoms with van der Waals surface area (Å²) in [4.78, 5) is 29.1. The van der Waals surface area contributed by atoms with E-state index in [0.29, 0.717) is 17.2 Å². The third-order valence-electron chi connectivity index (χ3n) is 6.19. The monoisotopic (exact) mass is 606 g/mol. The molecule has 0 aliphatic carbocycles. The zero-order chi connectivity index (χ0) is 28.0. The summed E-state index contributed by atoms with van der Waals surface area (Å²) >= 11 is 9.89. The highest BCUT2D eigenvalue weighted by Crippen LogP contribution is 2.33. The van der Waals surface area contributed by atoms with Crippen LogP contribution in [0, 0.1) is 0 Å². The number of carbonyl (C=O) groups is 2. The molecule has 0 aliphatic heterocycles. The number of carbonyl (C=O) groups excluding carboxylic acids is 2. The van der Waals surface area contributed by atoms with E-state index in [9.17, 15) is 9.59 Å². The number of nitrogens with one attached hydrogen (secondary N) is 1. The average Bonchev–Trinajstić information content (AvgIpc) is 2.90. The molecule has 0 bridgehead atoms. The lowest BCUT2D eigenvalue weighted by molar-refractivity contribution is -0.143. The summed E-state index contributed by atoms with van der Waals surface area (Å²) in [5.74, 6) is 0.0251. The molecule has 4 rings (SSSR count). The Morgan fingerprint density at radius 2 is 1.62 bits per heavy atom. The normalized spacial score (nSPS) is 12.1. The van der Waals surface area contributed by atoms with E-state index in [2.05, 4.69) is 21.2 Å². The van der Waals surface area contributed by atoms with Gasteiger partial charge in [-0.2, -0.15) is 0 Å². The topological polar surface area (TPSA) is 58.6 Å². The number of halogens is 2. The molecule has 5 nitrogen and oxygen atoms in total. The lowest BCUT2D eigenvalue weighted by Crippen LogP contribution is -2.55. The van der Waals surface area contributed by atoms with E-state index in [0.717, 1.165) is 26.4 Å². The van der Waals surface area contributed by atoms with Crippen LogP contribution in [0.5, 0.6) is 5.75 Å². The Morgan fingerprint density at radius 1 is 0.923 bits per heavy atom. The van der Waals surface area contributed by atoms with Crippen LogP contribution in [0.15, 0.2) is 95.5 Å². The van der Waals surface area contributed by atoms with E-state index in [1.165, 1.54) is 0 Å². The zero-order valence-electron chi connectivity index (χ0n) is 22.3. The van der Waals surface area contributed by atoms with Crippen LogP contribution in [0.1, 0.15) is 31.9 Å². The van der Waals surface area contributed by atoms with Crippen molar-refractivity contribution in [2.24, 2.45) is 0 Å². The third-order valence-corrected chi connectivity index (χ3v) is 7.24. The second-order valence-corrected chi connectivity index (χ2v) is 11.7. The molecule has 1 N–H and O–H groups in total. The van der Waals surface area contributed by atoms with E-state index in [1.54, 1.807) is 11.0 Å². The van der Waals surface area contributed by atoms with Gasteiger partial charge in [0.05, 0.1) is 4.47 Å². The molecule has 7 heteroatoms. The summed E-state index contributed by atoms with van der Waals surface area (Å²) in [5, 5.41) is 5.69. The van der Waals surface area contributed by atoms with Crippen molar-refractivity contribution in [2.75, 3.05) is 6.61 Å². The summed E-state index contributed by atoms with van der Waals surface area (Å²) in [7, 11) is 0. The minimum Gasteiger partial charge on any atom is -0.483 e. The highest BCUT2D eigenvalue weighted by molar-refractivity contribution is 9.10. The molecular formula is C32H32BrClN2O3. The second kappa shape index (κ2) is 12.7. The van der Waals surface area contributed by atoms with Crippen LogP contribution in [-0.2, 0) is 22.6 Å². The molecule has 1 atom stereocenters. The van der Waals surface area contributed by atoms with E-state index < -0.39 is 11.6 Å². The Hall–Kier alpha value is -3.35. The summed E-state index contributed by atoms with van der Waals surface area (Å²) in [5.41, 5.74) is 1.31. The third kappa shape index (κ3) is 7.84. The molecule has 0 aromatic heterocycles. The predicted molar refractivity (Wildman–Crippen MR) is 161 cm³/mol.